The van der Waals surface area contributed by atoms with Gasteiger partial charge in [0.2, 0.25) is 11.8 Å². The van der Waals surface area contributed by atoms with E-state index in [2.05, 4.69) is 5.32 Å². The minimum absolute atomic E-state index is 0.000635. The third-order valence-corrected chi connectivity index (χ3v) is 9.34. The highest BCUT2D eigenvalue weighted by molar-refractivity contribution is 8.00. The van der Waals surface area contributed by atoms with E-state index in [1.807, 2.05) is 48.7 Å². The zero-order valence-corrected chi connectivity index (χ0v) is 23.6. The fraction of sp³-hybridized carbons (Fsp3) is 0.300. The molecule has 0 radical (unpaired) electrons. The first-order valence-corrected chi connectivity index (χ1v) is 15.2. The Morgan fingerprint density at radius 3 is 2.70 bits per heavy atom. The van der Waals surface area contributed by atoms with Crippen molar-refractivity contribution in [3.8, 4) is 16.3 Å². The molecule has 2 aliphatic rings. The number of anilines is 1. The van der Waals surface area contributed by atoms with Crippen LogP contribution in [-0.4, -0.2) is 53.1 Å². The molecular weight excluding hydrogens is 547 g/mol. The number of carbonyl (C=O) groups is 2. The van der Waals surface area contributed by atoms with Crippen molar-refractivity contribution in [2.24, 2.45) is 0 Å². The van der Waals surface area contributed by atoms with Crippen LogP contribution in [0.4, 0.5) is 10.2 Å². The van der Waals surface area contributed by atoms with Gasteiger partial charge in [-0.15, -0.1) is 23.1 Å². The van der Waals surface area contributed by atoms with E-state index in [4.69, 9.17) is 9.84 Å². The summed E-state index contributed by atoms with van der Waals surface area (Å²) in [6.07, 6.45) is 1.89. The SMILES string of the molecule is Cc1ccccc1-n1nc(-c2cccs2)c2c1N(CC(=O)NC[C@@H]1CCCO1)C(=O)CS[C@@H]2c1ccc(F)cc1. The number of ether oxygens (including phenoxy) is 1. The number of benzene rings is 2. The Labute approximate surface area is 240 Å². The van der Waals surface area contributed by atoms with Gasteiger partial charge >= 0.3 is 0 Å². The molecule has 2 aromatic carbocycles. The van der Waals surface area contributed by atoms with E-state index in [1.54, 1.807) is 33.1 Å². The minimum Gasteiger partial charge on any atom is -0.376 e. The van der Waals surface area contributed by atoms with E-state index in [-0.39, 0.29) is 41.3 Å². The Bertz CT molecular complexity index is 1510. The highest BCUT2D eigenvalue weighted by atomic mass is 32.2. The van der Waals surface area contributed by atoms with Crippen molar-refractivity contribution >= 4 is 40.7 Å². The van der Waals surface area contributed by atoms with Crippen molar-refractivity contribution < 1.29 is 18.7 Å². The van der Waals surface area contributed by atoms with E-state index in [0.29, 0.717) is 19.0 Å². The summed E-state index contributed by atoms with van der Waals surface area (Å²) in [7, 11) is 0. The molecule has 1 fully saturated rings. The van der Waals surface area contributed by atoms with Gasteiger partial charge in [-0.25, -0.2) is 9.07 Å². The maximum absolute atomic E-state index is 13.9. The fourth-order valence-corrected chi connectivity index (χ4v) is 7.14. The average molecular weight is 577 g/mol. The van der Waals surface area contributed by atoms with E-state index in [1.165, 1.54) is 23.9 Å². The van der Waals surface area contributed by atoms with Crippen LogP contribution in [0.25, 0.3) is 16.3 Å². The lowest BCUT2D eigenvalue weighted by Gasteiger charge is -2.24. The number of rotatable bonds is 7. The van der Waals surface area contributed by atoms with Crippen LogP contribution in [0.2, 0.25) is 0 Å². The Balaban J connectivity index is 1.51. The van der Waals surface area contributed by atoms with Gasteiger partial charge in [0.25, 0.3) is 0 Å². The lowest BCUT2D eigenvalue weighted by Crippen LogP contribution is -2.44. The lowest BCUT2D eigenvalue weighted by molar-refractivity contribution is -0.123. The van der Waals surface area contributed by atoms with Crippen LogP contribution >= 0.6 is 23.1 Å². The van der Waals surface area contributed by atoms with Crippen molar-refractivity contribution in [2.45, 2.75) is 31.1 Å². The zero-order chi connectivity index (χ0) is 27.6. The van der Waals surface area contributed by atoms with Crippen molar-refractivity contribution in [1.29, 1.82) is 0 Å². The standard InChI is InChI=1S/C30H29FN4O3S2/c1-19-6-2-3-8-23(19)35-30-27(28(33-35)24-9-5-15-39-24)29(20-10-12-21(31)13-11-20)40-18-26(37)34(30)17-25(36)32-16-22-7-4-14-38-22/h2-3,5-6,8-13,15,22,29H,4,7,14,16-18H2,1H3,(H,32,36)/t22-,29+/m0/s1. The molecule has 2 aromatic heterocycles. The van der Waals surface area contributed by atoms with Crippen molar-refractivity contribution in [3.63, 3.8) is 0 Å². The number of carbonyl (C=O) groups excluding carboxylic acids is 2. The molecule has 4 heterocycles. The van der Waals surface area contributed by atoms with Gasteiger partial charge in [0.05, 0.1) is 27.7 Å². The molecule has 4 aromatic rings. The van der Waals surface area contributed by atoms with Crippen LogP contribution in [0.3, 0.4) is 0 Å². The first-order chi connectivity index (χ1) is 19.5. The fourth-order valence-electron chi connectivity index (χ4n) is 5.22. The van der Waals surface area contributed by atoms with E-state index < -0.39 is 0 Å². The zero-order valence-electron chi connectivity index (χ0n) is 22.0. The summed E-state index contributed by atoms with van der Waals surface area (Å²) in [5.74, 6) is -0.0367. The number of nitrogens with zero attached hydrogens (tertiary/aromatic N) is 3. The van der Waals surface area contributed by atoms with Crippen molar-refractivity contribution in [3.05, 3.63) is 88.6 Å². The number of thioether (sulfide) groups is 1. The van der Waals surface area contributed by atoms with Crippen LogP contribution < -0.4 is 10.2 Å². The van der Waals surface area contributed by atoms with Gasteiger partial charge in [-0.1, -0.05) is 36.4 Å². The van der Waals surface area contributed by atoms with Crippen molar-refractivity contribution in [1.82, 2.24) is 15.1 Å². The molecule has 2 aliphatic heterocycles. The molecule has 0 aliphatic carbocycles. The summed E-state index contributed by atoms with van der Waals surface area (Å²) in [5, 5.41) is 9.76. The smallest absolute Gasteiger partial charge is 0.240 e. The van der Waals surface area contributed by atoms with E-state index >= 15 is 0 Å². The predicted molar refractivity (Wildman–Crippen MR) is 157 cm³/mol. The third-order valence-electron chi connectivity index (χ3n) is 7.21. The number of halogens is 1. The third kappa shape index (κ3) is 5.31. The van der Waals surface area contributed by atoms with E-state index in [9.17, 15) is 14.0 Å². The second kappa shape index (κ2) is 11.6. The second-order valence-corrected chi connectivity index (χ2v) is 12.0. The molecule has 206 valence electrons. The second-order valence-electron chi connectivity index (χ2n) is 9.92. The van der Waals surface area contributed by atoms with E-state index in [0.717, 1.165) is 45.8 Å². The molecule has 0 saturated carbocycles. The topological polar surface area (TPSA) is 76.5 Å². The number of nitrogens with one attached hydrogen (secondary N) is 1. The quantitative estimate of drug-likeness (QED) is 0.314. The number of aryl methyl sites for hydroxylation is 1. The Morgan fingerprint density at radius 2 is 1.98 bits per heavy atom. The molecule has 0 spiro atoms. The summed E-state index contributed by atoms with van der Waals surface area (Å²) in [4.78, 5) is 29.5. The molecule has 10 heteroatoms. The van der Waals surface area contributed by atoms with Crippen molar-refractivity contribution in [2.75, 3.05) is 30.3 Å². The van der Waals surface area contributed by atoms with Gasteiger partial charge in [-0.2, -0.15) is 5.10 Å². The van der Waals surface area contributed by atoms with Gasteiger partial charge in [0.15, 0.2) is 0 Å². The highest BCUT2D eigenvalue weighted by Crippen LogP contribution is 2.49. The Morgan fingerprint density at radius 1 is 1.15 bits per heavy atom. The summed E-state index contributed by atoms with van der Waals surface area (Å²) in [6.45, 7) is 2.98. The first kappa shape index (κ1) is 26.7. The number of fused-ring (bicyclic) bond motifs is 1. The highest BCUT2D eigenvalue weighted by Gasteiger charge is 2.38. The summed E-state index contributed by atoms with van der Waals surface area (Å²) in [5.41, 5.74) is 4.25. The van der Waals surface area contributed by atoms with Crippen LogP contribution in [0.5, 0.6) is 0 Å². The molecule has 40 heavy (non-hydrogen) atoms. The van der Waals surface area contributed by atoms with Gasteiger partial charge in [-0.05, 0) is 60.5 Å². The van der Waals surface area contributed by atoms with Crippen LogP contribution in [-0.2, 0) is 14.3 Å². The molecular formula is C30H29FN4O3S2. The van der Waals surface area contributed by atoms with Crippen LogP contribution in [0, 0.1) is 12.7 Å². The number of hydrogen-bond donors (Lipinski definition) is 1. The summed E-state index contributed by atoms with van der Waals surface area (Å²) >= 11 is 3.03. The maximum Gasteiger partial charge on any atom is 0.240 e. The molecule has 2 atom stereocenters. The number of aromatic nitrogens is 2. The molecule has 1 N–H and O–H groups in total. The first-order valence-electron chi connectivity index (χ1n) is 13.3. The summed E-state index contributed by atoms with van der Waals surface area (Å²) in [6, 6.07) is 18.2. The molecule has 1 saturated heterocycles. The van der Waals surface area contributed by atoms with Crippen LogP contribution in [0.1, 0.15) is 34.8 Å². The normalized spacial score (nSPS) is 18.9. The molecule has 6 rings (SSSR count). The lowest BCUT2D eigenvalue weighted by atomic mass is 10.0. The van der Waals surface area contributed by atoms with Gasteiger partial charge in [-0.3, -0.25) is 14.5 Å². The molecule has 2 amide bonds. The Kier molecular flexibility index (Phi) is 7.73. The predicted octanol–water partition coefficient (Wildman–Crippen LogP) is 5.51. The van der Waals surface area contributed by atoms with Gasteiger partial charge < -0.3 is 10.1 Å². The number of para-hydroxylation sites is 1. The largest absolute Gasteiger partial charge is 0.376 e. The number of thiophene rings is 1. The van der Waals surface area contributed by atoms with Gasteiger partial charge in [0.1, 0.15) is 23.9 Å². The summed E-state index contributed by atoms with van der Waals surface area (Å²) < 4.78 is 21.4. The molecule has 7 nitrogen and oxygen atoms in total. The number of amides is 2. The minimum atomic E-state index is -0.322. The van der Waals surface area contributed by atoms with Crippen LogP contribution in [0.15, 0.2) is 66.0 Å². The molecule has 0 bridgehead atoms. The maximum atomic E-state index is 13.9. The molecule has 0 unspecified atom stereocenters. The number of hydrogen-bond acceptors (Lipinski definition) is 6. The Hall–Kier alpha value is -3.47. The van der Waals surface area contributed by atoms with Gasteiger partial charge in [0, 0.05) is 18.7 Å². The monoisotopic (exact) mass is 576 g/mol. The average Bonchev–Trinajstić information content (AvgIpc) is 3.72.